The number of methoxy groups -OCH3 is 1. The summed E-state index contributed by atoms with van der Waals surface area (Å²) >= 11 is 0. The number of carbonyl (C=O) groups is 1. The molecular formula is C9H12F4O3. The third-order valence-electron chi connectivity index (χ3n) is 2.66. The molecule has 1 aliphatic heterocycles. The van der Waals surface area contributed by atoms with Crippen molar-refractivity contribution in [1.82, 2.24) is 0 Å². The molecule has 2 atom stereocenters. The van der Waals surface area contributed by atoms with E-state index < -0.39 is 36.8 Å². The van der Waals surface area contributed by atoms with Crippen LogP contribution in [0.15, 0.2) is 0 Å². The Kier molecular flexibility index (Phi) is 3.77. The predicted molar refractivity (Wildman–Crippen MR) is 45.5 cm³/mol. The van der Waals surface area contributed by atoms with E-state index in [1.807, 2.05) is 0 Å². The van der Waals surface area contributed by atoms with Crippen molar-refractivity contribution < 1.29 is 31.8 Å². The standard InChI is InChI=1S/C9H12F4O3/c1-15-7(14)8(5-9(11,12)13)2-3-16-4-6(8)10/h6H,2-5H2,1H3. The van der Waals surface area contributed by atoms with Gasteiger partial charge in [-0.05, 0) is 6.42 Å². The first-order chi connectivity index (χ1) is 7.32. The molecule has 1 heterocycles. The topological polar surface area (TPSA) is 35.5 Å². The summed E-state index contributed by atoms with van der Waals surface area (Å²) in [5.41, 5.74) is -2.15. The van der Waals surface area contributed by atoms with Crippen molar-refractivity contribution in [2.45, 2.75) is 25.2 Å². The maximum Gasteiger partial charge on any atom is 0.390 e. The number of esters is 1. The van der Waals surface area contributed by atoms with E-state index in [1.54, 1.807) is 0 Å². The Morgan fingerprint density at radius 2 is 2.19 bits per heavy atom. The molecule has 0 aromatic heterocycles. The van der Waals surface area contributed by atoms with E-state index in [-0.39, 0.29) is 13.0 Å². The molecule has 0 aliphatic carbocycles. The molecule has 0 saturated carbocycles. The minimum atomic E-state index is -4.62. The molecule has 0 aromatic rings. The summed E-state index contributed by atoms with van der Waals surface area (Å²) in [5, 5.41) is 0. The average Bonchev–Trinajstić information content (AvgIpc) is 2.18. The van der Waals surface area contributed by atoms with E-state index in [2.05, 4.69) is 4.74 Å². The van der Waals surface area contributed by atoms with Gasteiger partial charge in [-0.2, -0.15) is 13.2 Å². The zero-order valence-electron chi connectivity index (χ0n) is 8.64. The van der Waals surface area contributed by atoms with Gasteiger partial charge in [0.2, 0.25) is 0 Å². The molecule has 1 aliphatic rings. The summed E-state index contributed by atoms with van der Waals surface area (Å²) in [6, 6.07) is 0. The molecule has 0 amide bonds. The second kappa shape index (κ2) is 4.57. The van der Waals surface area contributed by atoms with Crippen LogP contribution in [-0.4, -0.2) is 38.6 Å². The van der Waals surface area contributed by atoms with Crippen molar-refractivity contribution in [3.63, 3.8) is 0 Å². The lowest BCUT2D eigenvalue weighted by atomic mass is 9.75. The molecular weight excluding hydrogens is 232 g/mol. The molecule has 7 heteroatoms. The van der Waals surface area contributed by atoms with Crippen molar-refractivity contribution in [1.29, 1.82) is 0 Å². The maximum atomic E-state index is 13.5. The highest BCUT2D eigenvalue weighted by atomic mass is 19.4. The summed E-state index contributed by atoms with van der Waals surface area (Å²) in [6.07, 6.45) is -8.44. The predicted octanol–water partition coefficient (Wildman–Crippen LogP) is 1.86. The number of ether oxygens (including phenoxy) is 2. The van der Waals surface area contributed by atoms with Gasteiger partial charge in [0.25, 0.3) is 0 Å². The van der Waals surface area contributed by atoms with Crippen LogP contribution in [0.2, 0.25) is 0 Å². The van der Waals surface area contributed by atoms with Crippen LogP contribution in [0, 0.1) is 5.41 Å². The van der Waals surface area contributed by atoms with Gasteiger partial charge in [-0.3, -0.25) is 4.79 Å². The number of alkyl halides is 4. The molecule has 1 rings (SSSR count). The fourth-order valence-corrected chi connectivity index (χ4v) is 1.82. The SMILES string of the molecule is COC(=O)C1(CC(F)(F)F)CCOCC1F. The first-order valence-electron chi connectivity index (χ1n) is 4.69. The number of halogens is 4. The highest BCUT2D eigenvalue weighted by Crippen LogP contribution is 2.43. The molecule has 0 N–H and O–H groups in total. The lowest BCUT2D eigenvalue weighted by Crippen LogP contribution is -2.50. The molecule has 0 aromatic carbocycles. The van der Waals surface area contributed by atoms with Crippen molar-refractivity contribution in [3.05, 3.63) is 0 Å². The van der Waals surface area contributed by atoms with E-state index in [4.69, 9.17) is 4.74 Å². The maximum absolute atomic E-state index is 13.5. The molecule has 2 unspecified atom stereocenters. The molecule has 0 spiro atoms. The van der Waals surface area contributed by atoms with Gasteiger partial charge < -0.3 is 9.47 Å². The third kappa shape index (κ3) is 2.63. The largest absolute Gasteiger partial charge is 0.469 e. The van der Waals surface area contributed by atoms with E-state index in [1.165, 1.54) is 0 Å². The Morgan fingerprint density at radius 3 is 2.62 bits per heavy atom. The molecule has 94 valence electrons. The van der Waals surface area contributed by atoms with Crippen LogP contribution in [0.3, 0.4) is 0 Å². The fourth-order valence-electron chi connectivity index (χ4n) is 1.82. The van der Waals surface area contributed by atoms with E-state index in [0.29, 0.717) is 0 Å². The molecule has 1 saturated heterocycles. The zero-order valence-corrected chi connectivity index (χ0v) is 8.64. The van der Waals surface area contributed by atoms with Crippen molar-refractivity contribution in [2.24, 2.45) is 5.41 Å². The minimum absolute atomic E-state index is 0.0778. The Hall–Kier alpha value is -0.850. The van der Waals surface area contributed by atoms with Gasteiger partial charge in [0.05, 0.1) is 20.1 Å². The van der Waals surface area contributed by atoms with Crippen molar-refractivity contribution >= 4 is 5.97 Å². The fraction of sp³-hybridized carbons (Fsp3) is 0.889. The quantitative estimate of drug-likeness (QED) is 0.549. The van der Waals surface area contributed by atoms with Crippen molar-refractivity contribution in [3.8, 4) is 0 Å². The Balaban J connectivity index is 2.95. The Morgan fingerprint density at radius 1 is 1.56 bits per heavy atom. The van der Waals surface area contributed by atoms with Gasteiger partial charge in [0, 0.05) is 6.61 Å². The van der Waals surface area contributed by atoms with Crippen LogP contribution in [0.5, 0.6) is 0 Å². The van der Waals surface area contributed by atoms with Crippen LogP contribution >= 0.6 is 0 Å². The Bertz CT molecular complexity index is 266. The van der Waals surface area contributed by atoms with Gasteiger partial charge in [0.1, 0.15) is 11.6 Å². The first-order valence-corrected chi connectivity index (χ1v) is 4.69. The van der Waals surface area contributed by atoms with E-state index in [9.17, 15) is 22.4 Å². The van der Waals surface area contributed by atoms with E-state index >= 15 is 0 Å². The zero-order chi connectivity index (χ0) is 12.4. The number of carbonyl (C=O) groups excluding carboxylic acids is 1. The van der Waals surface area contributed by atoms with Crippen LogP contribution < -0.4 is 0 Å². The van der Waals surface area contributed by atoms with Crippen molar-refractivity contribution in [2.75, 3.05) is 20.3 Å². The van der Waals surface area contributed by atoms with Crippen LogP contribution in [0.25, 0.3) is 0 Å². The smallest absolute Gasteiger partial charge is 0.390 e. The lowest BCUT2D eigenvalue weighted by Gasteiger charge is -2.37. The second-order valence-electron chi connectivity index (χ2n) is 3.73. The summed E-state index contributed by atoms with van der Waals surface area (Å²) in [5.74, 6) is -1.17. The molecule has 0 radical (unpaired) electrons. The van der Waals surface area contributed by atoms with E-state index in [0.717, 1.165) is 7.11 Å². The molecule has 0 bridgehead atoms. The third-order valence-corrected chi connectivity index (χ3v) is 2.66. The second-order valence-corrected chi connectivity index (χ2v) is 3.73. The summed E-state index contributed by atoms with van der Waals surface area (Å²) in [7, 11) is 0.947. The normalized spacial score (nSPS) is 31.2. The number of hydrogen-bond acceptors (Lipinski definition) is 3. The van der Waals surface area contributed by atoms with Gasteiger partial charge in [-0.25, -0.2) is 4.39 Å². The van der Waals surface area contributed by atoms with Crippen LogP contribution in [0.4, 0.5) is 17.6 Å². The lowest BCUT2D eigenvalue weighted by molar-refractivity contribution is -0.202. The van der Waals surface area contributed by atoms with Gasteiger partial charge in [-0.1, -0.05) is 0 Å². The number of hydrogen-bond donors (Lipinski definition) is 0. The van der Waals surface area contributed by atoms with Crippen LogP contribution in [0.1, 0.15) is 12.8 Å². The molecule has 1 fully saturated rings. The summed E-state index contributed by atoms with van der Waals surface area (Å²) in [4.78, 5) is 11.4. The Labute approximate surface area is 89.7 Å². The van der Waals surface area contributed by atoms with Crippen LogP contribution in [-0.2, 0) is 14.3 Å². The highest BCUT2D eigenvalue weighted by Gasteiger charge is 2.55. The minimum Gasteiger partial charge on any atom is -0.469 e. The molecule has 16 heavy (non-hydrogen) atoms. The monoisotopic (exact) mass is 244 g/mol. The first kappa shape index (κ1) is 13.2. The van der Waals surface area contributed by atoms with Gasteiger partial charge in [-0.15, -0.1) is 0 Å². The van der Waals surface area contributed by atoms with Gasteiger partial charge >= 0.3 is 12.1 Å². The summed E-state index contributed by atoms with van der Waals surface area (Å²) in [6.45, 7) is -0.587. The van der Waals surface area contributed by atoms with Gasteiger partial charge in [0.15, 0.2) is 0 Å². The highest BCUT2D eigenvalue weighted by molar-refractivity contribution is 5.77. The average molecular weight is 244 g/mol. The number of rotatable bonds is 2. The molecule has 3 nitrogen and oxygen atoms in total. The summed E-state index contributed by atoms with van der Waals surface area (Å²) < 4.78 is 59.5.